The lowest BCUT2D eigenvalue weighted by atomic mass is 9.71. The van der Waals surface area contributed by atoms with E-state index in [9.17, 15) is 4.79 Å². The highest BCUT2D eigenvalue weighted by Gasteiger charge is 2.33. The van der Waals surface area contributed by atoms with Crippen molar-refractivity contribution in [1.29, 1.82) is 0 Å². The second kappa shape index (κ2) is 5.17. The molecule has 0 aromatic carbocycles. The molecule has 2 aliphatic rings. The molecule has 1 amide bonds. The number of hydrogen-bond acceptors (Lipinski definition) is 2. The van der Waals surface area contributed by atoms with Gasteiger partial charge < -0.3 is 11.1 Å². The van der Waals surface area contributed by atoms with Gasteiger partial charge in [-0.05, 0) is 43.6 Å². The maximum absolute atomic E-state index is 11.8. The van der Waals surface area contributed by atoms with E-state index in [2.05, 4.69) is 5.32 Å². The first-order chi connectivity index (χ1) is 7.74. The molecule has 3 heteroatoms. The summed E-state index contributed by atoms with van der Waals surface area (Å²) in [6.07, 6.45) is 9.31. The second-order valence-corrected chi connectivity index (χ2v) is 5.69. The van der Waals surface area contributed by atoms with Crippen LogP contribution < -0.4 is 11.1 Å². The number of carbonyl (C=O) groups excluding carboxylic acids is 1. The maximum atomic E-state index is 11.8. The van der Waals surface area contributed by atoms with Gasteiger partial charge in [0.25, 0.3) is 0 Å². The van der Waals surface area contributed by atoms with Crippen LogP contribution in [0.3, 0.4) is 0 Å². The van der Waals surface area contributed by atoms with Gasteiger partial charge in [-0.3, -0.25) is 4.79 Å². The minimum atomic E-state index is 0.117. The lowest BCUT2D eigenvalue weighted by Crippen LogP contribution is -2.39. The first kappa shape index (κ1) is 11.9. The van der Waals surface area contributed by atoms with Crippen molar-refractivity contribution in [3.63, 3.8) is 0 Å². The molecule has 3 nitrogen and oxygen atoms in total. The third-order valence-electron chi connectivity index (χ3n) is 4.17. The second-order valence-electron chi connectivity index (χ2n) is 5.69. The van der Waals surface area contributed by atoms with Gasteiger partial charge in [0.2, 0.25) is 5.91 Å². The zero-order valence-electron chi connectivity index (χ0n) is 10.1. The van der Waals surface area contributed by atoms with Gasteiger partial charge in [0.05, 0.1) is 0 Å². The fourth-order valence-electron chi connectivity index (χ4n) is 2.74. The summed E-state index contributed by atoms with van der Waals surface area (Å²) in [6.45, 7) is 1.56. The highest BCUT2D eigenvalue weighted by molar-refractivity contribution is 5.76. The van der Waals surface area contributed by atoms with Gasteiger partial charge in [-0.15, -0.1) is 0 Å². The molecule has 0 saturated heterocycles. The van der Waals surface area contributed by atoms with Crippen LogP contribution >= 0.6 is 0 Å². The van der Waals surface area contributed by atoms with E-state index in [1.54, 1.807) is 0 Å². The number of nitrogens with one attached hydrogen (secondary N) is 1. The molecule has 2 fully saturated rings. The predicted molar refractivity (Wildman–Crippen MR) is 64.9 cm³/mol. The number of hydrogen-bond donors (Lipinski definition) is 2. The van der Waals surface area contributed by atoms with Crippen molar-refractivity contribution in [3.8, 4) is 0 Å². The van der Waals surface area contributed by atoms with Crippen molar-refractivity contribution in [1.82, 2.24) is 5.32 Å². The van der Waals surface area contributed by atoms with E-state index >= 15 is 0 Å². The molecular formula is C13H24N2O. The van der Waals surface area contributed by atoms with E-state index in [1.807, 2.05) is 0 Å². The summed E-state index contributed by atoms with van der Waals surface area (Å²) in [4.78, 5) is 11.8. The summed E-state index contributed by atoms with van der Waals surface area (Å²) in [5, 5.41) is 3.06. The average Bonchev–Trinajstić information content (AvgIpc) is 3.11. The fourth-order valence-corrected chi connectivity index (χ4v) is 2.74. The molecule has 0 heterocycles. The molecule has 0 aromatic heterocycles. The molecule has 0 aromatic rings. The smallest absolute Gasteiger partial charge is 0.220 e. The summed E-state index contributed by atoms with van der Waals surface area (Å²) >= 11 is 0. The molecule has 92 valence electrons. The van der Waals surface area contributed by atoms with Crippen molar-refractivity contribution in [3.05, 3.63) is 0 Å². The normalized spacial score (nSPS) is 24.1. The Hall–Kier alpha value is -0.570. The number of carbonyl (C=O) groups is 1. The van der Waals surface area contributed by atoms with Crippen molar-refractivity contribution < 1.29 is 4.79 Å². The van der Waals surface area contributed by atoms with E-state index in [0.29, 0.717) is 13.0 Å². The Labute approximate surface area is 98.2 Å². The highest BCUT2D eigenvalue weighted by atomic mass is 16.1. The Morgan fingerprint density at radius 1 is 1.25 bits per heavy atom. The fraction of sp³-hybridized carbons (Fsp3) is 0.923. The first-order valence-corrected chi connectivity index (χ1v) is 6.71. The number of amides is 1. The molecule has 0 bridgehead atoms. The molecule has 0 aliphatic heterocycles. The number of rotatable bonds is 5. The van der Waals surface area contributed by atoms with Crippen molar-refractivity contribution in [2.24, 2.45) is 17.1 Å². The standard InChI is InChI=1S/C13H24N2O/c14-10-13(6-2-1-3-7-13)8-12(16)15-9-11-4-5-11/h11H,1-10,14H2,(H,15,16). The first-order valence-electron chi connectivity index (χ1n) is 6.71. The van der Waals surface area contributed by atoms with E-state index in [1.165, 1.54) is 32.1 Å². The molecule has 2 saturated carbocycles. The lowest BCUT2D eigenvalue weighted by Gasteiger charge is -2.35. The van der Waals surface area contributed by atoms with Crippen LogP contribution in [-0.4, -0.2) is 19.0 Å². The minimum absolute atomic E-state index is 0.117. The van der Waals surface area contributed by atoms with Crippen LogP contribution in [0.5, 0.6) is 0 Å². The molecule has 0 atom stereocenters. The maximum Gasteiger partial charge on any atom is 0.220 e. The van der Waals surface area contributed by atoms with Gasteiger partial charge in [0.15, 0.2) is 0 Å². The van der Waals surface area contributed by atoms with Gasteiger partial charge in [-0.25, -0.2) is 0 Å². The van der Waals surface area contributed by atoms with Crippen LogP contribution in [0.1, 0.15) is 51.4 Å². The molecule has 0 spiro atoms. The van der Waals surface area contributed by atoms with Crippen LogP contribution in [0.25, 0.3) is 0 Å². The van der Waals surface area contributed by atoms with E-state index in [-0.39, 0.29) is 11.3 Å². The highest BCUT2D eigenvalue weighted by Crippen LogP contribution is 2.38. The Bertz CT molecular complexity index is 242. The molecule has 3 N–H and O–H groups in total. The monoisotopic (exact) mass is 224 g/mol. The minimum Gasteiger partial charge on any atom is -0.356 e. The quantitative estimate of drug-likeness (QED) is 0.748. The predicted octanol–water partition coefficient (Wildman–Crippen LogP) is 1.81. The summed E-state index contributed by atoms with van der Waals surface area (Å²) < 4.78 is 0. The van der Waals surface area contributed by atoms with Gasteiger partial charge in [0.1, 0.15) is 0 Å². The van der Waals surface area contributed by atoms with Crippen LogP contribution in [0, 0.1) is 11.3 Å². The number of nitrogens with two attached hydrogens (primary N) is 1. The van der Waals surface area contributed by atoms with Crippen molar-refractivity contribution >= 4 is 5.91 Å². The molecule has 0 radical (unpaired) electrons. The van der Waals surface area contributed by atoms with Crippen LogP contribution in [0.4, 0.5) is 0 Å². The average molecular weight is 224 g/mol. The Balaban J connectivity index is 1.77. The van der Waals surface area contributed by atoms with Gasteiger partial charge >= 0.3 is 0 Å². The van der Waals surface area contributed by atoms with Crippen molar-refractivity contribution in [2.75, 3.05) is 13.1 Å². The summed E-state index contributed by atoms with van der Waals surface area (Å²) in [5.74, 6) is 0.989. The van der Waals surface area contributed by atoms with Crippen LogP contribution in [-0.2, 0) is 4.79 Å². The molecule has 2 aliphatic carbocycles. The van der Waals surface area contributed by atoms with Crippen molar-refractivity contribution in [2.45, 2.75) is 51.4 Å². The topological polar surface area (TPSA) is 55.1 Å². The van der Waals surface area contributed by atoms with Gasteiger partial charge in [-0.2, -0.15) is 0 Å². The molecular weight excluding hydrogens is 200 g/mol. The Kier molecular flexibility index (Phi) is 3.85. The molecule has 2 rings (SSSR count). The zero-order valence-corrected chi connectivity index (χ0v) is 10.1. The zero-order chi connectivity index (χ0) is 11.4. The van der Waals surface area contributed by atoms with E-state index in [4.69, 9.17) is 5.73 Å². The summed E-state index contributed by atoms with van der Waals surface area (Å²) in [6, 6.07) is 0. The van der Waals surface area contributed by atoms with Crippen LogP contribution in [0.2, 0.25) is 0 Å². The summed E-state index contributed by atoms with van der Waals surface area (Å²) in [7, 11) is 0. The van der Waals surface area contributed by atoms with E-state index < -0.39 is 0 Å². The third kappa shape index (κ3) is 3.21. The van der Waals surface area contributed by atoms with E-state index in [0.717, 1.165) is 25.3 Å². The molecule has 0 unspecified atom stereocenters. The van der Waals surface area contributed by atoms with Gasteiger partial charge in [0, 0.05) is 13.0 Å². The third-order valence-corrected chi connectivity index (χ3v) is 4.17. The SMILES string of the molecule is NCC1(CC(=O)NCC2CC2)CCCCC1. The Morgan fingerprint density at radius 3 is 2.50 bits per heavy atom. The van der Waals surface area contributed by atoms with Crippen LogP contribution in [0.15, 0.2) is 0 Å². The largest absolute Gasteiger partial charge is 0.356 e. The van der Waals surface area contributed by atoms with Gasteiger partial charge in [-0.1, -0.05) is 19.3 Å². The molecule has 16 heavy (non-hydrogen) atoms. The summed E-state index contributed by atoms with van der Waals surface area (Å²) in [5.41, 5.74) is 5.99. The Morgan fingerprint density at radius 2 is 1.94 bits per heavy atom. The lowest BCUT2D eigenvalue weighted by molar-refractivity contribution is -0.123.